The van der Waals surface area contributed by atoms with E-state index >= 15 is 0 Å². The highest BCUT2D eigenvalue weighted by Crippen LogP contribution is 2.19. The summed E-state index contributed by atoms with van der Waals surface area (Å²) in [7, 11) is 1.52. The van der Waals surface area contributed by atoms with E-state index in [9.17, 15) is 4.79 Å². The Morgan fingerprint density at radius 1 is 1.75 bits per heavy atom. The minimum Gasteiger partial charge on any atom is -0.383 e. The van der Waals surface area contributed by atoms with Gasteiger partial charge in [0.2, 0.25) is 5.89 Å². The number of carbonyl (C=O) groups is 1. The molecular weight excluding hydrogens is 212 g/mol. The zero-order chi connectivity index (χ0) is 11.5. The standard InChI is InChI=1S/C9H14N4O3/c1-15-4-6(10)9-12-7(13-16-9)8(14)11-5-2-3-5/h5-6H,2-4,10H2,1H3,(H,11,14). The Morgan fingerprint density at radius 2 is 2.50 bits per heavy atom. The highest BCUT2D eigenvalue weighted by molar-refractivity contribution is 5.90. The van der Waals surface area contributed by atoms with Crippen LogP contribution in [-0.4, -0.2) is 35.8 Å². The van der Waals surface area contributed by atoms with Crippen LogP contribution in [0.1, 0.15) is 35.4 Å². The van der Waals surface area contributed by atoms with E-state index in [1.54, 1.807) is 0 Å². The number of rotatable bonds is 5. The van der Waals surface area contributed by atoms with Crippen molar-refractivity contribution in [2.24, 2.45) is 5.73 Å². The summed E-state index contributed by atoms with van der Waals surface area (Å²) in [4.78, 5) is 15.4. The van der Waals surface area contributed by atoms with Crippen LogP contribution >= 0.6 is 0 Å². The van der Waals surface area contributed by atoms with Crippen molar-refractivity contribution in [1.82, 2.24) is 15.5 Å². The number of aromatic nitrogens is 2. The van der Waals surface area contributed by atoms with Gasteiger partial charge in [0.15, 0.2) is 0 Å². The maximum Gasteiger partial charge on any atom is 0.292 e. The van der Waals surface area contributed by atoms with Crippen molar-refractivity contribution in [3.63, 3.8) is 0 Å². The van der Waals surface area contributed by atoms with E-state index in [0.717, 1.165) is 12.8 Å². The number of nitrogens with one attached hydrogen (secondary N) is 1. The van der Waals surface area contributed by atoms with E-state index in [-0.39, 0.29) is 30.3 Å². The van der Waals surface area contributed by atoms with E-state index in [1.807, 2.05) is 0 Å². The van der Waals surface area contributed by atoms with Gasteiger partial charge >= 0.3 is 0 Å². The molecule has 7 nitrogen and oxygen atoms in total. The van der Waals surface area contributed by atoms with Crippen LogP contribution in [0.5, 0.6) is 0 Å². The van der Waals surface area contributed by atoms with Crippen molar-refractivity contribution < 1.29 is 14.1 Å². The SMILES string of the molecule is COCC(N)c1nc(C(=O)NC2CC2)no1. The molecule has 7 heteroatoms. The zero-order valence-electron chi connectivity index (χ0n) is 8.97. The molecule has 88 valence electrons. The molecule has 0 spiro atoms. The molecular formula is C9H14N4O3. The molecule has 0 aliphatic heterocycles. The highest BCUT2D eigenvalue weighted by atomic mass is 16.5. The van der Waals surface area contributed by atoms with Gasteiger partial charge in [-0.1, -0.05) is 5.16 Å². The fourth-order valence-corrected chi connectivity index (χ4v) is 1.21. The van der Waals surface area contributed by atoms with Gasteiger partial charge in [0.05, 0.1) is 6.61 Å². The molecule has 0 saturated heterocycles. The summed E-state index contributed by atoms with van der Waals surface area (Å²) in [5, 5.41) is 6.32. The van der Waals surface area contributed by atoms with E-state index in [0.29, 0.717) is 0 Å². The lowest BCUT2D eigenvalue weighted by Crippen LogP contribution is -2.26. The van der Waals surface area contributed by atoms with Gasteiger partial charge in [0, 0.05) is 13.2 Å². The summed E-state index contributed by atoms with van der Waals surface area (Å²) in [6.07, 6.45) is 2.03. The molecule has 0 bridgehead atoms. The van der Waals surface area contributed by atoms with Crippen LogP contribution in [0.4, 0.5) is 0 Å². The first kappa shape index (κ1) is 11.0. The third kappa shape index (κ3) is 2.56. The van der Waals surface area contributed by atoms with Crippen LogP contribution in [-0.2, 0) is 4.74 Å². The minimum atomic E-state index is -0.500. The molecule has 1 aliphatic carbocycles. The van der Waals surface area contributed by atoms with Gasteiger partial charge in [-0.05, 0) is 12.8 Å². The van der Waals surface area contributed by atoms with Crippen LogP contribution in [0.25, 0.3) is 0 Å². The predicted molar refractivity (Wildman–Crippen MR) is 53.6 cm³/mol. The second-order valence-corrected chi connectivity index (χ2v) is 3.77. The van der Waals surface area contributed by atoms with Crippen molar-refractivity contribution in [2.45, 2.75) is 24.9 Å². The topological polar surface area (TPSA) is 103 Å². The van der Waals surface area contributed by atoms with Crippen molar-refractivity contribution in [3.8, 4) is 0 Å². The Hall–Kier alpha value is -1.47. The Kier molecular flexibility index (Phi) is 3.16. The zero-order valence-corrected chi connectivity index (χ0v) is 8.97. The van der Waals surface area contributed by atoms with Gasteiger partial charge in [0.1, 0.15) is 6.04 Å². The van der Waals surface area contributed by atoms with Crippen LogP contribution in [0.15, 0.2) is 4.52 Å². The van der Waals surface area contributed by atoms with Gasteiger partial charge in [-0.25, -0.2) is 0 Å². The molecule has 1 fully saturated rings. The first-order valence-electron chi connectivity index (χ1n) is 5.09. The number of amides is 1. The van der Waals surface area contributed by atoms with Crippen molar-refractivity contribution in [1.29, 1.82) is 0 Å². The molecule has 1 aromatic heterocycles. The third-order valence-corrected chi connectivity index (χ3v) is 2.22. The lowest BCUT2D eigenvalue weighted by Gasteiger charge is -2.02. The van der Waals surface area contributed by atoms with E-state index < -0.39 is 6.04 Å². The largest absolute Gasteiger partial charge is 0.383 e. The average Bonchev–Trinajstić information content (AvgIpc) is 2.93. The predicted octanol–water partition coefficient (Wildman–Crippen LogP) is -0.392. The van der Waals surface area contributed by atoms with Crippen molar-refractivity contribution in [3.05, 3.63) is 11.7 Å². The van der Waals surface area contributed by atoms with Crippen LogP contribution in [0.3, 0.4) is 0 Å². The summed E-state index contributed by atoms with van der Waals surface area (Å²) in [6, 6.07) is -0.234. The molecule has 2 rings (SSSR count). The first-order chi connectivity index (χ1) is 7.70. The summed E-state index contributed by atoms with van der Waals surface area (Å²) < 4.78 is 9.72. The fraction of sp³-hybridized carbons (Fsp3) is 0.667. The molecule has 1 aliphatic rings. The summed E-state index contributed by atoms with van der Waals surface area (Å²) in [5.41, 5.74) is 5.68. The van der Waals surface area contributed by atoms with E-state index in [2.05, 4.69) is 15.5 Å². The van der Waals surface area contributed by atoms with E-state index in [1.165, 1.54) is 7.11 Å². The Balaban J connectivity index is 1.97. The Morgan fingerprint density at radius 3 is 3.12 bits per heavy atom. The second-order valence-electron chi connectivity index (χ2n) is 3.77. The number of nitrogens with zero attached hydrogens (tertiary/aromatic N) is 2. The maximum atomic E-state index is 11.5. The molecule has 1 atom stereocenters. The van der Waals surface area contributed by atoms with Crippen LogP contribution in [0.2, 0.25) is 0 Å². The molecule has 0 aromatic carbocycles. The second kappa shape index (κ2) is 4.58. The smallest absolute Gasteiger partial charge is 0.292 e. The van der Waals surface area contributed by atoms with Gasteiger partial charge < -0.3 is 20.3 Å². The maximum absolute atomic E-state index is 11.5. The van der Waals surface area contributed by atoms with Gasteiger partial charge in [-0.2, -0.15) is 4.98 Å². The Bertz CT molecular complexity index is 375. The summed E-state index contributed by atoms with van der Waals surface area (Å²) >= 11 is 0. The lowest BCUT2D eigenvalue weighted by molar-refractivity contribution is 0.0937. The molecule has 1 aromatic rings. The molecule has 1 saturated carbocycles. The number of nitrogens with two attached hydrogens (primary N) is 1. The number of ether oxygens (including phenoxy) is 1. The molecule has 1 unspecified atom stereocenters. The molecule has 3 N–H and O–H groups in total. The van der Waals surface area contributed by atoms with Gasteiger partial charge in [-0.3, -0.25) is 4.79 Å². The van der Waals surface area contributed by atoms with Crippen LogP contribution < -0.4 is 11.1 Å². The fourth-order valence-electron chi connectivity index (χ4n) is 1.21. The first-order valence-corrected chi connectivity index (χ1v) is 5.09. The monoisotopic (exact) mass is 226 g/mol. The Labute approximate surface area is 92.3 Å². The summed E-state index contributed by atoms with van der Waals surface area (Å²) in [5.74, 6) is -0.0848. The highest BCUT2D eigenvalue weighted by Gasteiger charge is 2.26. The van der Waals surface area contributed by atoms with Gasteiger partial charge in [0.25, 0.3) is 11.7 Å². The lowest BCUT2D eigenvalue weighted by atomic mass is 10.3. The number of carbonyl (C=O) groups excluding carboxylic acids is 1. The van der Waals surface area contributed by atoms with Gasteiger partial charge in [-0.15, -0.1) is 0 Å². The van der Waals surface area contributed by atoms with E-state index in [4.69, 9.17) is 15.0 Å². The number of hydrogen-bond donors (Lipinski definition) is 2. The molecule has 1 heterocycles. The minimum absolute atomic E-state index is 0.0217. The third-order valence-electron chi connectivity index (χ3n) is 2.22. The molecule has 1 amide bonds. The summed E-state index contributed by atoms with van der Waals surface area (Å²) in [6.45, 7) is 0.270. The average molecular weight is 226 g/mol. The normalized spacial score (nSPS) is 17.1. The quantitative estimate of drug-likeness (QED) is 0.708. The number of hydrogen-bond acceptors (Lipinski definition) is 6. The molecule has 16 heavy (non-hydrogen) atoms. The van der Waals surface area contributed by atoms with Crippen LogP contribution in [0, 0.1) is 0 Å². The van der Waals surface area contributed by atoms with Crippen molar-refractivity contribution >= 4 is 5.91 Å². The molecule has 0 radical (unpaired) electrons. The number of methoxy groups -OCH3 is 1. The van der Waals surface area contributed by atoms with Crippen molar-refractivity contribution in [2.75, 3.05) is 13.7 Å².